The van der Waals surface area contributed by atoms with Crippen molar-refractivity contribution in [1.29, 1.82) is 0 Å². The molecule has 1 unspecified atom stereocenters. The van der Waals surface area contributed by atoms with Crippen LogP contribution >= 0.6 is 0 Å². The fourth-order valence-corrected chi connectivity index (χ4v) is 3.98. The molecule has 1 heterocycles. The number of anilines is 1. The minimum Gasteiger partial charge on any atom is -0.369 e. The molecular formula is C24H31FN2. The van der Waals surface area contributed by atoms with Gasteiger partial charge < -0.3 is 4.90 Å². The van der Waals surface area contributed by atoms with Gasteiger partial charge in [0.15, 0.2) is 0 Å². The molecule has 0 fully saturated rings. The van der Waals surface area contributed by atoms with Gasteiger partial charge in [-0.2, -0.15) is 0 Å². The smallest absolute Gasteiger partial charge is 0.134 e. The lowest BCUT2D eigenvalue weighted by Crippen LogP contribution is -2.45. The van der Waals surface area contributed by atoms with E-state index < -0.39 is 0 Å². The Balaban J connectivity index is 1.84. The number of hydrogen-bond acceptors (Lipinski definition) is 2. The third-order valence-electron chi connectivity index (χ3n) is 5.86. The van der Waals surface area contributed by atoms with Crippen LogP contribution in [0.1, 0.15) is 69.6 Å². The first-order valence-electron chi connectivity index (χ1n) is 10.0. The van der Waals surface area contributed by atoms with Crippen LogP contribution in [0.5, 0.6) is 0 Å². The SMILES string of the molecule is CCCCc1ccc(N=Cc2cc3c(cc2F)N(C)C(C)(C)CC3C)cc1. The van der Waals surface area contributed by atoms with E-state index in [2.05, 4.69) is 56.8 Å². The van der Waals surface area contributed by atoms with Crippen LogP contribution in [-0.4, -0.2) is 18.8 Å². The van der Waals surface area contributed by atoms with Crippen LogP contribution in [-0.2, 0) is 6.42 Å². The molecule has 144 valence electrons. The molecule has 1 aliphatic heterocycles. The van der Waals surface area contributed by atoms with Crippen molar-refractivity contribution in [1.82, 2.24) is 0 Å². The summed E-state index contributed by atoms with van der Waals surface area (Å²) < 4.78 is 14.7. The van der Waals surface area contributed by atoms with Crippen molar-refractivity contribution in [2.45, 2.75) is 64.8 Å². The van der Waals surface area contributed by atoms with E-state index in [0.717, 1.165) is 24.2 Å². The number of benzene rings is 2. The van der Waals surface area contributed by atoms with E-state index in [4.69, 9.17) is 0 Å². The van der Waals surface area contributed by atoms with Gasteiger partial charge in [0.25, 0.3) is 0 Å². The summed E-state index contributed by atoms with van der Waals surface area (Å²) in [5.74, 6) is 0.186. The third kappa shape index (κ3) is 4.23. The average Bonchev–Trinajstić information content (AvgIpc) is 2.64. The summed E-state index contributed by atoms with van der Waals surface area (Å²) in [5.41, 5.74) is 4.98. The minimum absolute atomic E-state index is 0.0357. The number of halogens is 1. The maximum absolute atomic E-state index is 14.7. The predicted molar refractivity (Wildman–Crippen MR) is 114 cm³/mol. The molecule has 0 aliphatic carbocycles. The van der Waals surface area contributed by atoms with Crippen molar-refractivity contribution in [2.24, 2.45) is 4.99 Å². The lowest BCUT2D eigenvalue weighted by atomic mass is 9.80. The van der Waals surface area contributed by atoms with Gasteiger partial charge in [-0.05, 0) is 74.4 Å². The molecule has 3 rings (SSSR count). The molecule has 0 spiro atoms. The number of hydrogen-bond donors (Lipinski definition) is 0. The largest absolute Gasteiger partial charge is 0.369 e. The highest BCUT2D eigenvalue weighted by Crippen LogP contribution is 2.43. The van der Waals surface area contributed by atoms with Gasteiger partial charge in [0.2, 0.25) is 0 Å². The molecule has 2 aromatic carbocycles. The van der Waals surface area contributed by atoms with Gasteiger partial charge in [0.1, 0.15) is 5.82 Å². The van der Waals surface area contributed by atoms with Crippen molar-refractivity contribution in [3.8, 4) is 0 Å². The Hall–Kier alpha value is -2.16. The molecule has 27 heavy (non-hydrogen) atoms. The summed E-state index contributed by atoms with van der Waals surface area (Å²) in [6, 6.07) is 11.9. The molecule has 0 bridgehead atoms. The van der Waals surface area contributed by atoms with Crippen molar-refractivity contribution in [3.63, 3.8) is 0 Å². The molecule has 2 nitrogen and oxygen atoms in total. The topological polar surface area (TPSA) is 15.6 Å². The highest BCUT2D eigenvalue weighted by molar-refractivity contribution is 5.84. The summed E-state index contributed by atoms with van der Waals surface area (Å²) in [4.78, 5) is 6.70. The second-order valence-electron chi connectivity index (χ2n) is 8.44. The highest BCUT2D eigenvalue weighted by Gasteiger charge is 2.34. The fourth-order valence-electron chi connectivity index (χ4n) is 3.98. The Labute approximate surface area is 163 Å². The van der Waals surface area contributed by atoms with Gasteiger partial charge in [0, 0.05) is 30.1 Å². The molecule has 0 saturated heterocycles. The van der Waals surface area contributed by atoms with Gasteiger partial charge >= 0.3 is 0 Å². The minimum atomic E-state index is -0.214. The van der Waals surface area contributed by atoms with Crippen LogP contribution in [0, 0.1) is 5.82 Å². The first-order valence-corrected chi connectivity index (χ1v) is 10.0. The fraction of sp³-hybridized carbons (Fsp3) is 0.458. The Kier molecular flexibility index (Phi) is 5.69. The Morgan fingerprint density at radius 2 is 1.93 bits per heavy atom. The molecule has 0 saturated carbocycles. The number of rotatable bonds is 5. The van der Waals surface area contributed by atoms with Crippen LogP contribution in [0.2, 0.25) is 0 Å². The number of nitrogens with zero attached hydrogens (tertiary/aromatic N) is 2. The first-order chi connectivity index (χ1) is 12.8. The second-order valence-corrected chi connectivity index (χ2v) is 8.44. The maximum Gasteiger partial charge on any atom is 0.134 e. The monoisotopic (exact) mass is 366 g/mol. The van der Waals surface area contributed by atoms with Gasteiger partial charge in [-0.3, -0.25) is 4.99 Å². The second kappa shape index (κ2) is 7.84. The normalized spacial score (nSPS) is 18.7. The van der Waals surface area contributed by atoms with Gasteiger partial charge in [0.05, 0.1) is 5.69 Å². The Morgan fingerprint density at radius 3 is 2.59 bits per heavy atom. The number of aliphatic imine (C=N–C) groups is 1. The van der Waals surface area contributed by atoms with E-state index in [1.165, 1.54) is 24.0 Å². The first kappa shape index (κ1) is 19.6. The quantitative estimate of drug-likeness (QED) is 0.541. The Morgan fingerprint density at radius 1 is 1.22 bits per heavy atom. The lowest BCUT2D eigenvalue weighted by molar-refractivity contribution is 0.394. The highest BCUT2D eigenvalue weighted by atomic mass is 19.1. The maximum atomic E-state index is 14.7. The summed E-state index contributed by atoms with van der Waals surface area (Å²) in [5, 5.41) is 0. The summed E-state index contributed by atoms with van der Waals surface area (Å²) in [7, 11) is 2.05. The van der Waals surface area contributed by atoms with E-state index in [0.29, 0.717) is 11.5 Å². The van der Waals surface area contributed by atoms with Crippen LogP contribution in [0.3, 0.4) is 0 Å². The molecule has 3 heteroatoms. The molecule has 0 N–H and O–H groups in total. The van der Waals surface area contributed by atoms with Gasteiger partial charge in [-0.15, -0.1) is 0 Å². The predicted octanol–water partition coefficient (Wildman–Crippen LogP) is 6.64. The summed E-state index contributed by atoms with van der Waals surface area (Å²) in [6.45, 7) is 8.85. The van der Waals surface area contributed by atoms with Crippen LogP contribution in [0.15, 0.2) is 41.4 Å². The van der Waals surface area contributed by atoms with Gasteiger partial charge in [-0.25, -0.2) is 4.39 Å². The zero-order valence-corrected chi connectivity index (χ0v) is 17.2. The number of fused-ring (bicyclic) bond motifs is 1. The third-order valence-corrected chi connectivity index (χ3v) is 5.86. The van der Waals surface area contributed by atoms with E-state index in [9.17, 15) is 4.39 Å². The molecule has 2 aromatic rings. The van der Waals surface area contributed by atoms with E-state index in [-0.39, 0.29) is 11.4 Å². The van der Waals surface area contributed by atoms with Crippen molar-refractivity contribution in [2.75, 3.05) is 11.9 Å². The molecule has 0 amide bonds. The standard InChI is InChI=1S/C24H31FN2/c1-6-7-8-18-9-11-20(12-10-18)26-16-19-13-21-17(2)15-24(3,4)27(5)23(21)14-22(19)25/h9-14,16-17H,6-8,15H2,1-5H3. The average molecular weight is 367 g/mol. The molecule has 0 aromatic heterocycles. The van der Waals surface area contributed by atoms with E-state index in [1.807, 2.05) is 18.2 Å². The van der Waals surface area contributed by atoms with E-state index >= 15 is 0 Å². The van der Waals surface area contributed by atoms with Gasteiger partial charge in [-0.1, -0.05) is 32.4 Å². The van der Waals surface area contributed by atoms with Crippen LogP contribution < -0.4 is 4.90 Å². The van der Waals surface area contributed by atoms with Crippen LogP contribution in [0.25, 0.3) is 0 Å². The molecule has 1 atom stereocenters. The van der Waals surface area contributed by atoms with Crippen molar-refractivity contribution >= 4 is 17.6 Å². The summed E-state index contributed by atoms with van der Waals surface area (Å²) >= 11 is 0. The summed E-state index contributed by atoms with van der Waals surface area (Å²) in [6.07, 6.45) is 6.21. The van der Waals surface area contributed by atoms with Crippen LogP contribution in [0.4, 0.5) is 15.8 Å². The zero-order valence-electron chi connectivity index (χ0n) is 17.2. The number of aryl methyl sites for hydroxylation is 1. The van der Waals surface area contributed by atoms with Crippen molar-refractivity contribution < 1.29 is 4.39 Å². The number of unbranched alkanes of at least 4 members (excludes halogenated alkanes) is 1. The molecule has 0 radical (unpaired) electrons. The Bertz CT molecular complexity index is 821. The lowest BCUT2D eigenvalue weighted by Gasteiger charge is -2.45. The molecular weight excluding hydrogens is 335 g/mol. The molecule has 1 aliphatic rings. The zero-order chi connectivity index (χ0) is 19.6. The van der Waals surface area contributed by atoms with Crippen molar-refractivity contribution in [3.05, 3.63) is 58.9 Å². The van der Waals surface area contributed by atoms with E-state index in [1.54, 1.807) is 12.3 Å².